The van der Waals surface area contributed by atoms with Crippen LogP contribution in [-0.2, 0) is 11.2 Å². The molecule has 0 saturated carbocycles. The van der Waals surface area contributed by atoms with Gasteiger partial charge in [-0.15, -0.1) is 0 Å². The molecule has 0 unspecified atom stereocenters. The Kier molecular flexibility index (Phi) is 7.65. The number of carbonyl (C=O) groups excluding carboxylic acids is 2. The van der Waals surface area contributed by atoms with Crippen molar-refractivity contribution in [1.29, 1.82) is 0 Å². The van der Waals surface area contributed by atoms with Crippen LogP contribution < -0.4 is 20.3 Å². The van der Waals surface area contributed by atoms with E-state index < -0.39 is 0 Å². The number of rotatable bonds is 8. The van der Waals surface area contributed by atoms with Crippen molar-refractivity contribution in [2.24, 2.45) is 0 Å². The Labute approximate surface area is 182 Å². The number of hydrazine groups is 1. The summed E-state index contributed by atoms with van der Waals surface area (Å²) in [6, 6.07) is 22.5. The molecule has 0 aromatic heterocycles. The standard InChI is InChI=1S/C25H26N2O4/c1-3-30-22-15-10-18(16-23(22)31-4-2)17-24(28)26-27-25(29)21-13-11-20(12-14-21)19-8-6-5-7-9-19/h5-16H,3-4,17H2,1-2H3,(H,26,28)(H,27,29). The molecule has 3 rings (SSSR count). The second kappa shape index (κ2) is 10.8. The normalized spacial score (nSPS) is 10.3. The second-order valence-electron chi connectivity index (χ2n) is 6.77. The highest BCUT2D eigenvalue weighted by atomic mass is 16.5. The van der Waals surface area contributed by atoms with Crippen LogP contribution in [0.1, 0.15) is 29.8 Å². The summed E-state index contributed by atoms with van der Waals surface area (Å²) in [5, 5.41) is 0. The number of carbonyl (C=O) groups is 2. The fraction of sp³-hybridized carbons (Fsp3) is 0.200. The van der Waals surface area contributed by atoms with E-state index in [9.17, 15) is 9.59 Å². The molecule has 0 aliphatic heterocycles. The maximum absolute atomic E-state index is 12.3. The summed E-state index contributed by atoms with van der Waals surface area (Å²) in [5.41, 5.74) is 8.21. The number of nitrogens with one attached hydrogen (secondary N) is 2. The van der Waals surface area contributed by atoms with E-state index in [-0.39, 0.29) is 18.2 Å². The third-order valence-corrected chi connectivity index (χ3v) is 4.54. The van der Waals surface area contributed by atoms with E-state index in [1.807, 2.05) is 56.3 Å². The number of hydrogen-bond donors (Lipinski definition) is 2. The van der Waals surface area contributed by atoms with Crippen LogP contribution in [0.5, 0.6) is 11.5 Å². The second-order valence-corrected chi connectivity index (χ2v) is 6.77. The van der Waals surface area contributed by atoms with Crippen LogP contribution in [0.25, 0.3) is 11.1 Å². The highest BCUT2D eigenvalue weighted by molar-refractivity contribution is 5.96. The molecule has 3 aromatic rings. The van der Waals surface area contributed by atoms with Crippen molar-refractivity contribution in [3.8, 4) is 22.6 Å². The van der Waals surface area contributed by atoms with Gasteiger partial charge in [0.15, 0.2) is 11.5 Å². The van der Waals surface area contributed by atoms with Crippen LogP contribution in [0, 0.1) is 0 Å². The van der Waals surface area contributed by atoms with Gasteiger partial charge < -0.3 is 9.47 Å². The number of ether oxygens (including phenoxy) is 2. The lowest BCUT2D eigenvalue weighted by molar-refractivity contribution is -0.121. The average molecular weight is 418 g/mol. The summed E-state index contributed by atoms with van der Waals surface area (Å²) in [6.07, 6.45) is 0.0969. The lowest BCUT2D eigenvalue weighted by Crippen LogP contribution is -2.42. The predicted octanol–water partition coefficient (Wildman–Crippen LogP) is 4.15. The van der Waals surface area contributed by atoms with Gasteiger partial charge in [0.1, 0.15) is 0 Å². The predicted molar refractivity (Wildman–Crippen MR) is 120 cm³/mol. The fourth-order valence-electron chi connectivity index (χ4n) is 3.08. The average Bonchev–Trinajstić information content (AvgIpc) is 2.80. The highest BCUT2D eigenvalue weighted by Crippen LogP contribution is 2.28. The summed E-state index contributed by atoms with van der Waals surface area (Å²) in [7, 11) is 0. The minimum Gasteiger partial charge on any atom is -0.490 e. The fourth-order valence-corrected chi connectivity index (χ4v) is 3.08. The van der Waals surface area contributed by atoms with Gasteiger partial charge in [-0.25, -0.2) is 0 Å². The van der Waals surface area contributed by atoms with Crippen molar-refractivity contribution in [3.05, 3.63) is 83.9 Å². The van der Waals surface area contributed by atoms with E-state index >= 15 is 0 Å². The smallest absolute Gasteiger partial charge is 0.269 e. The zero-order chi connectivity index (χ0) is 22.1. The maximum Gasteiger partial charge on any atom is 0.269 e. The summed E-state index contributed by atoms with van der Waals surface area (Å²) in [5.74, 6) is 0.522. The molecule has 0 fully saturated rings. The molecule has 0 aliphatic rings. The molecule has 0 spiro atoms. The molecular weight excluding hydrogens is 392 g/mol. The van der Waals surface area contributed by atoms with E-state index in [1.165, 1.54) is 0 Å². The number of amides is 2. The first-order valence-corrected chi connectivity index (χ1v) is 10.2. The van der Waals surface area contributed by atoms with Gasteiger partial charge in [-0.05, 0) is 54.8 Å². The van der Waals surface area contributed by atoms with Crippen molar-refractivity contribution in [1.82, 2.24) is 10.9 Å². The van der Waals surface area contributed by atoms with Crippen molar-refractivity contribution < 1.29 is 19.1 Å². The summed E-state index contributed by atoms with van der Waals surface area (Å²) in [4.78, 5) is 24.6. The molecule has 0 aliphatic carbocycles. The van der Waals surface area contributed by atoms with E-state index in [4.69, 9.17) is 9.47 Å². The zero-order valence-electron chi connectivity index (χ0n) is 17.7. The molecule has 0 bridgehead atoms. The molecule has 2 N–H and O–H groups in total. The van der Waals surface area contributed by atoms with Gasteiger partial charge in [-0.2, -0.15) is 0 Å². The lowest BCUT2D eigenvalue weighted by Gasteiger charge is -2.13. The van der Waals surface area contributed by atoms with E-state index in [0.29, 0.717) is 30.3 Å². The lowest BCUT2D eigenvalue weighted by atomic mass is 10.0. The minimum atomic E-state index is -0.380. The maximum atomic E-state index is 12.3. The third-order valence-electron chi connectivity index (χ3n) is 4.54. The van der Waals surface area contributed by atoms with Gasteiger partial charge in [0.2, 0.25) is 5.91 Å². The quantitative estimate of drug-likeness (QED) is 0.539. The monoisotopic (exact) mass is 418 g/mol. The van der Waals surface area contributed by atoms with E-state index in [2.05, 4.69) is 10.9 Å². The largest absolute Gasteiger partial charge is 0.490 e. The Hall–Kier alpha value is -3.80. The Morgan fingerprint density at radius 3 is 2.06 bits per heavy atom. The molecule has 6 heteroatoms. The number of benzene rings is 3. The van der Waals surface area contributed by atoms with Crippen molar-refractivity contribution in [2.45, 2.75) is 20.3 Å². The first-order valence-electron chi connectivity index (χ1n) is 10.2. The molecular formula is C25H26N2O4. The third kappa shape index (κ3) is 6.09. The van der Waals surface area contributed by atoms with Crippen LogP contribution in [0.4, 0.5) is 0 Å². The van der Waals surface area contributed by atoms with Crippen molar-refractivity contribution >= 4 is 11.8 Å². The Morgan fingerprint density at radius 2 is 1.39 bits per heavy atom. The van der Waals surface area contributed by atoms with Crippen LogP contribution in [0.15, 0.2) is 72.8 Å². The summed E-state index contributed by atoms with van der Waals surface area (Å²) < 4.78 is 11.1. The summed E-state index contributed by atoms with van der Waals surface area (Å²) in [6.45, 7) is 4.80. The number of hydrogen-bond acceptors (Lipinski definition) is 4. The molecule has 0 saturated heterocycles. The van der Waals surface area contributed by atoms with E-state index in [0.717, 1.165) is 16.7 Å². The molecule has 0 heterocycles. The molecule has 2 amide bonds. The van der Waals surface area contributed by atoms with Gasteiger partial charge >= 0.3 is 0 Å². The SMILES string of the molecule is CCOc1ccc(CC(=O)NNC(=O)c2ccc(-c3ccccc3)cc2)cc1OCC. The van der Waals surface area contributed by atoms with Crippen LogP contribution in [0.3, 0.4) is 0 Å². The molecule has 0 radical (unpaired) electrons. The van der Waals surface area contributed by atoms with Crippen molar-refractivity contribution in [3.63, 3.8) is 0 Å². The molecule has 3 aromatic carbocycles. The topological polar surface area (TPSA) is 76.7 Å². The van der Waals surface area contributed by atoms with Gasteiger partial charge in [-0.3, -0.25) is 20.4 Å². The minimum absolute atomic E-state index is 0.0969. The van der Waals surface area contributed by atoms with Crippen molar-refractivity contribution in [2.75, 3.05) is 13.2 Å². The Balaban J connectivity index is 1.55. The molecule has 160 valence electrons. The zero-order valence-corrected chi connectivity index (χ0v) is 17.7. The Morgan fingerprint density at radius 1 is 0.742 bits per heavy atom. The molecule has 6 nitrogen and oxygen atoms in total. The molecule has 0 atom stereocenters. The van der Waals surface area contributed by atoms with E-state index in [1.54, 1.807) is 30.3 Å². The van der Waals surface area contributed by atoms with Gasteiger partial charge in [-0.1, -0.05) is 48.5 Å². The molecule has 31 heavy (non-hydrogen) atoms. The van der Waals surface area contributed by atoms with Crippen LogP contribution in [-0.4, -0.2) is 25.0 Å². The highest BCUT2D eigenvalue weighted by Gasteiger charge is 2.11. The van der Waals surface area contributed by atoms with Gasteiger partial charge in [0, 0.05) is 5.56 Å². The van der Waals surface area contributed by atoms with Gasteiger partial charge in [0.05, 0.1) is 19.6 Å². The summed E-state index contributed by atoms with van der Waals surface area (Å²) >= 11 is 0. The van der Waals surface area contributed by atoms with Gasteiger partial charge in [0.25, 0.3) is 5.91 Å². The Bertz CT molecular complexity index is 1020. The van der Waals surface area contributed by atoms with Crippen LogP contribution in [0.2, 0.25) is 0 Å². The van der Waals surface area contributed by atoms with Crippen LogP contribution >= 0.6 is 0 Å². The first kappa shape index (κ1) is 21.9. The first-order chi connectivity index (χ1) is 15.1.